The van der Waals surface area contributed by atoms with Gasteiger partial charge in [0.2, 0.25) is 5.78 Å². The third-order valence-corrected chi connectivity index (χ3v) is 10.3. The monoisotopic (exact) mass is 440 g/mol. The summed E-state index contributed by atoms with van der Waals surface area (Å²) >= 11 is 0. The maximum atomic E-state index is 12.7. The minimum atomic E-state index is -4.70. The summed E-state index contributed by atoms with van der Waals surface area (Å²) in [5.74, 6) is 0.896. The maximum Gasteiger partial charge on any atom is 0.449 e. The van der Waals surface area contributed by atoms with Crippen LogP contribution in [0.3, 0.4) is 0 Å². The molecule has 0 aliphatic heterocycles. The molecule has 3 unspecified atom stereocenters. The molecule has 31 heavy (non-hydrogen) atoms. The highest BCUT2D eigenvalue weighted by atomic mass is 19.4. The number of hydrogen-bond acceptors (Lipinski definition) is 2. The van der Waals surface area contributed by atoms with Crippen molar-refractivity contribution in [3.8, 4) is 0 Å². The minimum Gasteiger partial charge on any atom is -0.390 e. The number of allylic oxidation sites excluding steroid dienone is 1. The molecule has 0 aromatic carbocycles. The summed E-state index contributed by atoms with van der Waals surface area (Å²) in [6, 6.07) is 0. The molecule has 3 fully saturated rings. The number of fused-ring (bicyclic) bond motifs is 5. The van der Waals surface area contributed by atoms with Gasteiger partial charge >= 0.3 is 6.18 Å². The van der Waals surface area contributed by atoms with Gasteiger partial charge in [-0.25, -0.2) is 0 Å². The van der Waals surface area contributed by atoms with Crippen LogP contribution >= 0.6 is 0 Å². The van der Waals surface area contributed by atoms with E-state index in [1.165, 1.54) is 12.0 Å². The van der Waals surface area contributed by atoms with Crippen molar-refractivity contribution in [3.63, 3.8) is 0 Å². The van der Waals surface area contributed by atoms with Crippen LogP contribution in [0.4, 0.5) is 13.2 Å². The Kier molecular flexibility index (Phi) is 5.72. The van der Waals surface area contributed by atoms with Crippen molar-refractivity contribution in [2.45, 2.75) is 104 Å². The van der Waals surface area contributed by atoms with Gasteiger partial charge < -0.3 is 5.11 Å². The lowest BCUT2D eigenvalue weighted by Crippen LogP contribution is -2.52. The second kappa shape index (κ2) is 7.60. The Balaban J connectivity index is 1.49. The quantitative estimate of drug-likeness (QED) is 0.485. The summed E-state index contributed by atoms with van der Waals surface area (Å²) in [5, 5.41) is 10.6. The topological polar surface area (TPSA) is 37.3 Å². The Morgan fingerprint density at radius 2 is 1.84 bits per heavy atom. The van der Waals surface area contributed by atoms with Crippen LogP contribution in [0, 0.1) is 40.4 Å². The van der Waals surface area contributed by atoms with Gasteiger partial charge in [-0.05, 0) is 105 Å². The number of rotatable bonds is 4. The lowest BCUT2D eigenvalue weighted by Gasteiger charge is -2.59. The molecule has 3 saturated carbocycles. The van der Waals surface area contributed by atoms with E-state index in [4.69, 9.17) is 0 Å². The molecule has 0 aromatic heterocycles. The minimum absolute atomic E-state index is 0.146. The lowest BCUT2D eigenvalue weighted by atomic mass is 9.46. The Bertz CT molecular complexity index is 754. The highest BCUT2D eigenvalue weighted by molar-refractivity contribution is 5.83. The third-order valence-electron chi connectivity index (χ3n) is 10.3. The standard InChI is InChI=1S/C26H39F3O2/c1-16(5-10-22(30)26(27,28)29)19-8-9-20-18-7-6-17-15-23(2,31)13-14-24(17,3)21(18)11-12-25(19,20)4/h6,16,18-21,31H,5,7-15H2,1-4H3/t16-,18?,19-,20?,21?,23+,24+,25-/m1/s1. The van der Waals surface area contributed by atoms with Crippen LogP contribution in [-0.4, -0.2) is 22.7 Å². The predicted octanol–water partition coefficient (Wildman–Crippen LogP) is 6.86. The van der Waals surface area contributed by atoms with E-state index in [2.05, 4.69) is 26.8 Å². The van der Waals surface area contributed by atoms with Gasteiger partial charge in [0.05, 0.1) is 5.60 Å². The molecule has 1 N–H and O–H groups in total. The molecule has 0 aromatic rings. The van der Waals surface area contributed by atoms with Gasteiger partial charge in [0.25, 0.3) is 0 Å². The molecule has 0 bridgehead atoms. The smallest absolute Gasteiger partial charge is 0.390 e. The summed E-state index contributed by atoms with van der Waals surface area (Å²) < 4.78 is 38.0. The van der Waals surface area contributed by atoms with Gasteiger partial charge in [-0.2, -0.15) is 13.2 Å². The fourth-order valence-corrected chi connectivity index (χ4v) is 8.48. The zero-order valence-electron chi connectivity index (χ0n) is 19.5. The van der Waals surface area contributed by atoms with Gasteiger partial charge in [-0.15, -0.1) is 0 Å². The maximum absolute atomic E-state index is 12.7. The first-order chi connectivity index (χ1) is 14.3. The van der Waals surface area contributed by atoms with E-state index in [0.29, 0.717) is 30.1 Å². The van der Waals surface area contributed by atoms with Crippen molar-refractivity contribution in [3.05, 3.63) is 11.6 Å². The number of alkyl halides is 3. The largest absolute Gasteiger partial charge is 0.449 e. The summed E-state index contributed by atoms with van der Waals surface area (Å²) in [5.41, 5.74) is 1.24. The molecule has 0 amide bonds. The van der Waals surface area contributed by atoms with E-state index in [0.717, 1.165) is 44.9 Å². The zero-order valence-corrected chi connectivity index (χ0v) is 19.5. The van der Waals surface area contributed by atoms with E-state index in [1.807, 2.05) is 6.92 Å². The molecule has 176 valence electrons. The first-order valence-electron chi connectivity index (χ1n) is 12.3. The Hall–Kier alpha value is -0.840. The van der Waals surface area contributed by atoms with Crippen LogP contribution in [0.25, 0.3) is 0 Å². The number of halogens is 3. The molecule has 0 spiro atoms. The highest BCUT2D eigenvalue weighted by Crippen LogP contribution is 2.67. The fraction of sp³-hybridized carbons (Fsp3) is 0.885. The van der Waals surface area contributed by atoms with Crippen LogP contribution in [0.1, 0.15) is 91.9 Å². The lowest BCUT2D eigenvalue weighted by molar-refractivity contribution is -0.171. The summed E-state index contributed by atoms with van der Waals surface area (Å²) in [6.07, 6.45) is 6.04. The number of carbonyl (C=O) groups is 1. The van der Waals surface area contributed by atoms with Crippen molar-refractivity contribution in [2.24, 2.45) is 40.4 Å². The van der Waals surface area contributed by atoms with E-state index >= 15 is 0 Å². The van der Waals surface area contributed by atoms with E-state index in [-0.39, 0.29) is 23.2 Å². The van der Waals surface area contributed by atoms with E-state index < -0.39 is 17.6 Å². The third kappa shape index (κ3) is 3.91. The molecule has 4 rings (SSSR count). The van der Waals surface area contributed by atoms with Crippen molar-refractivity contribution >= 4 is 5.78 Å². The van der Waals surface area contributed by atoms with Crippen LogP contribution in [0.2, 0.25) is 0 Å². The number of aliphatic hydroxyl groups is 1. The van der Waals surface area contributed by atoms with E-state index in [1.54, 1.807) is 0 Å². The second-order valence-electron chi connectivity index (χ2n) is 12.1. The average Bonchev–Trinajstić information content (AvgIpc) is 3.02. The second-order valence-corrected chi connectivity index (χ2v) is 12.1. The molecule has 0 saturated heterocycles. The molecule has 8 atom stereocenters. The van der Waals surface area contributed by atoms with Gasteiger partial charge in [0.1, 0.15) is 0 Å². The Labute approximate surface area is 185 Å². The van der Waals surface area contributed by atoms with Gasteiger partial charge in [-0.1, -0.05) is 32.4 Å². The van der Waals surface area contributed by atoms with Crippen molar-refractivity contribution in [2.75, 3.05) is 0 Å². The SMILES string of the molecule is C[C@H](CCC(=O)C(F)(F)F)[C@H]1CCC2C3CC=C4C[C@@](C)(O)CC[C@]4(C)C3CC[C@@]21C. The molecular weight excluding hydrogens is 401 g/mol. The van der Waals surface area contributed by atoms with Gasteiger partial charge in [-0.3, -0.25) is 4.79 Å². The molecule has 5 heteroatoms. The molecule has 0 heterocycles. The molecule has 0 radical (unpaired) electrons. The molecular formula is C26H39F3O2. The molecule has 2 nitrogen and oxygen atoms in total. The molecule has 4 aliphatic rings. The van der Waals surface area contributed by atoms with Crippen LogP contribution in [0.5, 0.6) is 0 Å². The van der Waals surface area contributed by atoms with Crippen molar-refractivity contribution in [1.29, 1.82) is 0 Å². The van der Waals surface area contributed by atoms with Gasteiger partial charge in [0.15, 0.2) is 0 Å². The number of hydrogen-bond donors (Lipinski definition) is 1. The van der Waals surface area contributed by atoms with Crippen LogP contribution in [0.15, 0.2) is 11.6 Å². The normalized spacial score (nSPS) is 45.9. The van der Waals surface area contributed by atoms with Gasteiger partial charge in [0, 0.05) is 6.42 Å². The first-order valence-corrected chi connectivity index (χ1v) is 12.3. The summed E-state index contributed by atoms with van der Waals surface area (Å²) in [4.78, 5) is 11.4. The fourth-order valence-electron chi connectivity index (χ4n) is 8.48. The number of Topliss-reactive ketones (excluding diaryl/α,β-unsaturated/α-hetero) is 1. The van der Waals surface area contributed by atoms with Crippen molar-refractivity contribution < 1.29 is 23.1 Å². The average molecular weight is 441 g/mol. The zero-order chi connectivity index (χ0) is 22.8. The summed E-state index contributed by atoms with van der Waals surface area (Å²) in [6.45, 7) is 8.84. The van der Waals surface area contributed by atoms with E-state index in [9.17, 15) is 23.1 Å². The summed E-state index contributed by atoms with van der Waals surface area (Å²) in [7, 11) is 0. The van der Waals surface area contributed by atoms with Crippen molar-refractivity contribution in [1.82, 2.24) is 0 Å². The van der Waals surface area contributed by atoms with Crippen LogP contribution in [-0.2, 0) is 4.79 Å². The Morgan fingerprint density at radius 1 is 1.13 bits per heavy atom. The first kappa shape index (κ1) is 23.3. The predicted molar refractivity (Wildman–Crippen MR) is 115 cm³/mol. The molecule has 4 aliphatic carbocycles. The highest BCUT2D eigenvalue weighted by Gasteiger charge is 2.59. The number of carbonyl (C=O) groups excluding carboxylic acids is 1. The van der Waals surface area contributed by atoms with Crippen LogP contribution < -0.4 is 0 Å². The Morgan fingerprint density at radius 3 is 2.52 bits per heavy atom. The number of ketones is 1.